The Labute approximate surface area is 223 Å². The Morgan fingerprint density at radius 1 is 0.342 bits per heavy atom. The second-order valence-electron chi connectivity index (χ2n) is 9.85. The fourth-order valence-corrected chi connectivity index (χ4v) is 5.51. The minimum absolute atomic E-state index is 0.963. The lowest BCUT2D eigenvalue weighted by atomic mass is 9.98. The summed E-state index contributed by atoms with van der Waals surface area (Å²) < 4.78 is 2.36. The second-order valence-corrected chi connectivity index (χ2v) is 9.85. The van der Waals surface area contributed by atoms with Crippen LogP contribution in [-0.2, 0) is 6.42 Å². The second kappa shape index (κ2) is 9.53. The van der Waals surface area contributed by atoms with E-state index in [2.05, 4.69) is 156 Å². The number of rotatable bonds is 5. The SMILES string of the molecule is c1ccc(Cc2ccc(-c3ccc(-c4ccc(-n5c6ccccc6c6ccccc65)cc4)cc3)cc2)cc1. The summed E-state index contributed by atoms with van der Waals surface area (Å²) in [7, 11) is 0. The van der Waals surface area contributed by atoms with Crippen LogP contribution in [0.4, 0.5) is 0 Å². The van der Waals surface area contributed by atoms with Crippen LogP contribution in [0.15, 0.2) is 152 Å². The first-order valence-corrected chi connectivity index (χ1v) is 13.2. The zero-order valence-electron chi connectivity index (χ0n) is 21.1. The maximum atomic E-state index is 2.36. The van der Waals surface area contributed by atoms with Gasteiger partial charge in [0, 0.05) is 16.5 Å². The van der Waals surface area contributed by atoms with Gasteiger partial charge in [-0.05, 0) is 64.1 Å². The molecular formula is C37H27N. The molecule has 180 valence electrons. The third-order valence-corrected chi connectivity index (χ3v) is 7.46. The van der Waals surface area contributed by atoms with Crippen molar-refractivity contribution in [1.29, 1.82) is 0 Å². The maximum absolute atomic E-state index is 2.36. The maximum Gasteiger partial charge on any atom is 0.0541 e. The molecule has 0 aliphatic rings. The van der Waals surface area contributed by atoms with Crippen molar-refractivity contribution in [3.63, 3.8) is 0 Å². The summed E-state index contributed by atoms with van der Waals surface area (Å²) in [6.45, 7) is 0. The van der Waals surface area contributed by atoms with Gasteiger partial charge >= 0.3 is 0 Å². The number of nitrogens with zero attached hydrogens (tertiary/aromatic N) is 1. The van der Waals surface area contributed by atoms with Gasteiger partial charge in [-0.25, -0.2) is 0 Å². The molecule has 0 saturated heterocycles. The van der Waals surface area contributed by atoms with Crippen LogP contribution < -0.4 is 0 Å². The lowest BCUT2D eigenvalue weighted by Gasteiger charge is -2.10. The van der Waals surface area contributed by atoms with E-state index in [0.717, 1.165) is 6.42 Å². The largest absolute Gasteiger partial charge is 0.309 e. The first-order valence-electron chi connectivity index (χ1n) is 13.2. The molecule has 0 fully saturated rings. The van der Waals surface area contributed by atoms with Crippen LogP contribution in [0, 0.1) is 0 Å². The van der Waals surface area contributed by atoms with Gasteiger partial charge in [0.2, 0.25) is 0 Å². The molecule has 38 heavy (non-hydrogen) atoms. The first kappa shape index (κ1) is 22.3. The predicted molar refractivity (Wildman–Crippen MR) is 161 cm³/mol. The Balaban J connectivity index is 1.14. The smallest absolute Gasteiger partial charge is 0.0541 e. The summed E-state index contributed by atoms with van der Waals surface area (Å²) in [6, 6.07) is 54.7. The molecule has 0 bridgehead atoms. The third-order valence-electron chi connectivity index (χ3n) is 7.46. The molecule has 6 aromatic carbocycles. The molecule has 0 aliphatic heterocycles. The summed E-state index contributed by atoms with van der Waals surface area (Å²) in [4.78, 5) is 0. The van der Waals surface area contributed by atoms with Crippen LogP contribution in [0.2, 0.25) is 0 Å². The van der Waals surface area contributed by atoms with E-state index >= 15 is 0 Å². The van der Waals surface area contributed by atoms with Crippen molar-refractivity contribution < 1.29 is 0 Å². The normalized spacial score (nSPS) is 11.3. The van der Waals surface area contributed by atoms with Crippen LogP contribution in [0.3, 0.4) is 0 Å². The number of fused-ring (bicyclic) bond motifs is 3. The van der Waals surface area contributed by atoms with Gasteiger partial charge in [-0.15, -0.1) is 0 Å². The van der Waals surface area contributed by atoms with Crippen LogP contribution in [0.25, 0.3) is 49.7 Å². The highest BCUT2D eigenvalue weighted by molar-refractivity contribution is 6.09. The minimum atomic E-state index is 0.963. The zero-order chi connectivity index (χ0) is 25.3. The van der Waals surface area contributed by atoms with E-state index in [0.29, 0.717) is 0 Å². The highest BCUT2D eigenvalue weighted by atomic mass is 15.0. The van der Waals surface area contributed by atoms with Crippen molar-refractivity contribution in [2.45, 2.75) is 6.42 Å². The van der Waals surface area contributed by atoms with Crippen molar-refractivity contribution in [1.82, 2.24) is 4.57 Å². The predicted octanol–water partition coefficient (Wildman–Crippen LogP) is 9.71. The van der Waals surface area contributed by atoms with Gasteiger partial charge in [0.1, 0.15) is 0 Å². The van der Waals surface area contributed by atoms with E-state index in [1.807, 2.05) is 0 Å². The van der Waals surface area contributed by atoms with E-state index < -0.39 is 0 Å². The monoisotopic (exact) mass is 485 g/mol. The van der Waals surface area contributed by atoms with E-state index in [1.54, 1.807) is 0 Å². The highest BCUT2D eigenvalue weighted by Crippen LogP contribution is 2.33. The fraction of sp³-hybridized carbons (Fsp3) is 0.0270. The molecule has 7 aromatic rings. The van der Waals surface area contributed by atoms with Crippen molar-refractivity contribution in [2.24, 2.45) is 0 Å². The zero-order valence-corrected chi connectivity index (χ0v) is 21.1. The van der Waals surface area contributed by atoms with Gasteiger partial charge in [0.25, 0.3) is 0 Å². The standard InChI is InChI=1S/C37H27N/c1-2-8-27(9-3-1)26-28-14-16-29(17-15-28)30-18-20-31(21-19-30)32-22-24-33(25-23-32)38-36-12-6-4-10-34(36)35-11-5-7-13-37(35)38/h1-25H,26H2. The summed E-state index contributed by atoms with van der Waals surface area (Å²) in [5, 5.41) is 2.58. The number of hydrogen-bond donors (Lipinski definition) is 0. The molecule has 1 heteroatoms. The Morgan fingerprint density at radius 3 is 1.26 bits per heavy atom. The van der Waals surface area contributed by atoms with Crippen molar-refractivity contribution in [2.75, 3.05) is 0 Å². The van der Waals surface area contributed by atoms with E-state index in [9.17, 15) is 0 Å². The molecule has 0 amide bonds. The number of aromatic nitrogens is 1. The Kier molecular flexibility index (Phi) is 5.60. The first-order chi connectivity index (χ1) is 18.8. The summed E-state index contributed by atoms with van der Waals surface area (Å²) in [5.74, 6) is 0. The van der Waals surface area contributed by atoms with Gasteiger partial charge in [-0.2, -0.15) is 0 Å². The van der Waals surface area contributed by atoms with Gasteiger partial charge in [0.15, 0.2) is 0 Å². The van der Waals surface area contributed by atoms with E-state index in [-0.39, 0.29) is 0 Å². The molecule has 0 radical (unpaired) electrons. The lowest BCUT2D eigenvalue weighted by Crippen LogP contribution is -1.93. The third kappa shape index (κ3) is 4.09. The number of hydrogen-bond acceptors (Lipinski definition) is 0. The summed E-state index contributed by atoms with van der Waals surface area (Å²) in [5.41, 5.74) is 11.3. The van der Waals surface area contributed by atoms with Crippen molar-refractivity contribution in [3.05, 3.63) is 163 Å². The van der Waals surface area contributed by atoms with Crippen molar-refractivity contribution in [3.8, 4) is 27.9 Å². The molecule has 1 aromatic heterocycles. The molecular weight excluding hydrogens is 458 g/mol. The lowest BCUT2D eigenvalue weighted by molar-refractivity contribution is 1.18. The Hall–Kier alpha value is -4.88. The molecule has 0 saturated carbocycles. The summed E-state index contributed by atoms with van der Waals surface area (Å²) in [6.07, 6.45) is 0.963. The van der Waals surface area contributed by atoms with Gasteiger partial charge in [-0.3, -0.25) is 0 Å². The fourth-order valence-electron chi connectivity index (χ4n) is 5.51. The summed E-state index contributed by atoms with van der Waals surface area (Å²) >= 11 is 0. The minimum Gasteiger partial charge on any atom is -0.309 e. The topological polar surface area (TPSA) is 4.93 Å². The molecule has 1 heterocycles. The highest BCUT2D eigenvalue weighted by Gasteiger charge is 2.11. The van der Waals surface area contributed by atoms with Crippen LogP contribution in [-0.4, -0.2) is 4.57 Å². The molecule has 1 nitrogen and oxygen atoms in total. The number of benzene rings is 6. The average Bonchev–Trinajstić information content (AvgIpc) is 3.33. The van der Waals surface area contributed by atoms with Crippen LogP contribution in [0.5, 0.6) is 0 Å². The van der Waals surface area contributed by atoms with Crippen LogP contribution >= 0.6 is 0 Å². The van der Waals surface area contributed by atoms with Gasteiger partial charge in [0.05, 0.1) is 11.0 Å². The molecule has 0 spiro atoms. The quantitative estimate of drug-likeness (QED) is 0.229. The van der Waals surface area contributed by atoms with Gasteiger partial charge < -0.3 is 4.57 Å². The average molecular weight is 486 g/mol. The van der Waals surface area contributed by atoms with E-state index in [4.69, 9.17) is 0 Å². The van der Waals surface area contributed by atoms with Crippen molar-refractivity contribution >= 4 is 21.8 Å². The molecule has 7 rings (SSSR count). The Bertz CT molecular complexity index is 1790. The van der Waals surface area contributed by atoms with E-state index in [1.165, 1.54) is 60.9 Å². The van der Waals surface area contributed by atoms with Crippen LogP contribution in [0.1, 0.15) is 11.1 Å². The molecule has 0 unspecified atom stereocenters. The van der Waals surface area contributed by atoms with Gasteiger partial charge in [-0.1, -0.05) is 127 Å². The molecule has 0 N–H and O–H groups in total. The number of para-hydroxylation sites is 2. The molecule has 0 atom stereocenters. The Morgan fingerprint density at radius 2 is 0.737 bits per heavy atom. The molecule has 0 aliphatic carbocycles.